The molecule has 0 aromatic heterocycles. The Morgan fingerprint density at radius 1 is 1.20 bits per heavy atom. The molecule has 0 atom stereocenters. The van der Waals surface area contributed by atoms with Crippen molar-refractivity contribution >= 4 is 0 Å². The molecule has 1 rings (SSSR count). The van der Waals surface area contributed by atoms with Crippen LogP contribution >= 0.6 is 0 Å². The zero-order chi connectivity index (χ0) is 11.9. The Morgan fingerprint density at radius 3 is 2.00 bits per heavy atom. The highest BCUT2D eigenvalue weighted by Crippen LogP contribution is 2.20. The van der Waals surface area contributed by atoms with E-state index in [1.807, 2.05) is 13.8 Å². The monoisotopic (exact) mass is 227 g/mol. The van der Waals surface area contributed by atoms with Gasteiger partial charge >= 0.3 is 6.18 Å². The molecule has 0 aliphatic carbocycles. The van der Waals surface area contributed by atoms with Crippen LogP contribution in [0.1, 0.15) is 26.7 Å². The zero-order valence-electron chi connectivity index (χ0n) is 9.60. The van der Waals surface area contributed by atoms with Gasteiger partial charge in [-0.1, -0.05) is 13.8 Å². The van der Waals surface area contributed by atoms with Crippen molar-refractivity contribution in [1.82, 2.24) is 4.90 Å². The maximum Gasteiger partial charge on any atom is 0.401 e. The molecule has 0 spiro atoms. The second-order valence-electron chi connectivity index (χ2n) is 3.33. The molecule has 1 aliphatic heterocycles. The van der Waals surface area contributed by atoms with Crippen molar-refractivity contribution in [2.75, 3.05) is 26.7 Å². The SMILES string of the molecule is CC.COC1CCN(CC(F)(F)F)CC1. The summed E-state index contributed by atoms with van der Waals surface area (Å²) < 4.78 is 40.9. The van der Waals surface area contributed by atoms with Crippen LogP contribution in [0.4, 0.5) is 13.2 Å². The quantitative estimate of drug-likeness (QED) is 0.719. The summed E-state index contributed by atoms with van der Waals surface area (Å²) in [5.74, 6) is 0. The third-order valence-corrected chi connectivity index (χ3v) is 2.27. The Bertz CT molecular complexity index is 153. The number of nitrogens with zero attached hydrogens (tertiary/aromatic N) is 1. The molecule has 0 aromatic rings. The van der Waals surface area contributed by atoms with Crippen LogP contribution in [0.25, 0.3) is 0 Å². The van der Waals surface area contributed by atoms with Crippen LogP contribution in [0.5, 0.6) is 0 Å². The summed E-state index contributed by atoms with van der Waals surface area (Å²) >= 11 is 0. The molecule has 0 unspecified atom stereocenters. The van der Waals surface area contributed by atoms with E-state index >= 15 is 0 Å². The van der Waals surface area contributed by atoms with E-state index in [0.29, 0.717) is 25.9 Å². The molecule has 0 aromatic carbocycles. The van der Waals surface area contributed by atoms with Gasteiger partial charge in [-0.15, -0.1) is 0 Å². The molecule has 1 heterocycles. The standard InChI is InChI=1S/C8H14F3NO.C2H6/c1-13-7-2-4-12(5-3-7)6-8(9,10)11;1-2/h7H,2-6H2,1H3;1-2H3. The fourth-order valence-electron chi connectivity index (χ4n) is 1.56. The molecular weight excluding hydrogens is 207 g/mol. The molecule has 1 saturated heterocycles. The van der Waals surface area contributed by atoms with Gasteiger partial charge in [0.05, 0.1) is 12.6 Å². The summed E-state index contributed by atoms with van der Waals surface area (Å²) in [6, 6.07) is 0. The number of piperidine rings is 1. The van der Waals surface area contributed by atoms with Crippen molar-refractivity contribution in [2.45, 2.75) is 39.0 Å². The lowest BCUT2D eigenvalue weighted by atomic mass is 10.1. The lowest BCUT2D eigenvalue weighted by Crippen LogP contribution is -2.41. The number of methoxy groups -OCH3 is 1. The van der Waals surface area contributed by atoms with Crippen molar-refractivity contribution in [3.05, 3.63) is 0 Å². The molecule has 1 fully saturated rings. The number of halogens is 3. The summed E-state index contributed by atoms with van der Waals surface area (Å²) in [6.45, 7) is 4.18. The summed E-state index contributed by atoms with van der Waals surface area (Å²) in [5, 5.41) is 0. The largest absolute Gasteiger partial charge is 0.401 e. The van der Waals surface area contributed by atoms with Gasteiger partial charge in [-0.05, 0) is 12.8 Å². The molecule has 1 aliphatic rings. The minimum Gasteiger partial charge on any atom is -0.381 e. The van der Waals surface area contributed by atoms with Gasteiger partial charge < -0.3 is 4.74 Å². The van der Waals surface area contributed by atoms with Crippen LogP contribution in [-0.4, -0.2) is 43.9 Å². The van der Waals surface area contributed by atoms with Crippen LogP contribution in [-0.2, 0) is 4.74 Å². The molecule has 0 N–H and O–H groups in total. The van der Waals surface area contributed by atoms with Crippen LogP contribution < -0.4 is 0 Å². The van der Waals surface area contributed by atoms with E-state index in [1.54, 1.807) is 7.11 Å². The Balaban J connectivity index is 0.000000921. The van der Waals surface area contributed by atoms with Gasteiger partial charge in [0.25, 0.3) is 0 Å². The average Bonchev–Trinajstić information content (AvgIpc) is 2.20. The van der Waals surface area contributed by atoms with E-state index in [-0.39, 0.29) is 6.10 Å². The van der Waals surface area contributed by atoms with Crippen molar-refractivity contribution in [3.8, 4) is 0 Å². The Kier molecular flexibility index (Phi) is 6.92. The highest BCUT2D eigenvalue weighted by molar-refractivity contribution is 4.73. The van der Waals surface area contributed by atoms with Crippen molar-refractivity contribution in [3.63, 3.8) is 0 Å². The number of alkyl halides is 3. The molecule has 15 heavy (non-hydrogen) atoms. The lowest BCUT2D eigenvalue weighted by molar-refractivity contribution is -0.150. The highest BCUT2D eigenvalue weighted by atomic mass is 19.4. The van der Waals surface area contributed by atoms with E-state index in [0.717, 1.165) is 0 Å². The first-order valence-electron chi connectivity index (χ1n) is 5.33. The second-order valence-corrected chi connectivity index (χ2v) is 3.33. The summed E-state index contributed by atoms with van der Waals surface area (Å²) in [5.41, 5.74) is 0. The summed E-state index contributed by atoms with van der Waals surface area (Å²) in [4.78, 5) is 1.43. The molecule has 0 amide bonds. The zero-order valence-corrected chi connectivity index (χ0v) is 9.60. The molecule has 0 bridgehead atoms. The summed E-state index contributed by atoms with van der Waals surface area (Å²) in [7, 11) is 1.60. The molecule has 2 nitrogen and oxygen atoms in total. The van der Waals surface area contributed by atoms with Crippen LogP contribution in [0, 0.1) is 0 Å². The first-order chi connectivity index (χ1) is 7.01. The molecular formula is C10H20F3NO. The molecule has 92 valence electrons. The molecule has 0 radical (unpaired) electrons. The van der Waals surface area contributed by atoms with Gasteiger partial charge in [0, 0.05) is 20.2 Å². The van der Waals surface area contributed by atoms with E-state index in [2.05, 4.69) is 0 Å². The third kappa shape index (κ3) is 6.73. The normalized spacial score (nSPS) is 19.6. The van der Waals surface area contributed by atoms with Crippen LogP contribution in [0.2, 0.25) is 0 Å². The van der Waals surface area contributed by atoms with Gasteiger partial charge in [0.2, 0.25) is 0 Å². The van der Waals surface area contributed by atoms with E-state index in [1.165, 1.54) is 4.90 Å². The summed E-state index contributed by atoms with van der Waals surface area (Å²) in [6.07, 6.45) is -2.52. The second kappa shape index (κ2) is 7.06. The maximum atomic E-state index is 11.9. The van der Waals surface area contributed by atoms with Gasteiger partial charge in [-0.25, -0.2) is 0 Å². The first kappa shape index (κ1) is 14.7. The number of ether oxygens (including phenoxy) is 1. The first-order valence-corrected chi connectivity index (χ1v) is 5.33. The number of rotatable bonds is 2. The maximum absolute atomic E-state index is 11.9. The van der Waals surface area contributed by atoms with Crippen molar-refractivity contribution in [1.29, 1.82) is 0 Å². The Hall–Kier alpha value is -0.290. The topological polar surface area (TPSA) is 12.5 Å². The smallest absolute Gasteiger partial charge is 0.381 e. The predicted octanol–water partition coefficient (Wildman–Crippen LogP) is 2.69. The molecule has 0 saturated carbocycles. The fraction of sp³-hybridized carbons (Fsp3) is 1.00. The lowest BCUT2D eigenvalue weighted by Gasteiger charge is -2.31. The Labute approximate surface area is 89.4 Å². The van der Waals surface area contributed by atoms with E-state index < -0.39 is 12.7 Å². The van der Waals surface area contributed by atoms with Crippen LogP contribution in [0.3, 0.4) is 0 Å². The van der Waals surface area contributed by atoms with Crippen molar-refractivity contribution in [2.24, 2.45) is 0 Å². The van der Waals surface area contributed by atoms with E-state index in [9.17, 15) is 13.2 Å². The Morgan fingerprint density at radius 2 is 1.67 bits per heavy atom. The van der Waals surface area contributed by atoms with Crippen LogP contribution in [0.15, 0.2) is 0 Å². The van der Waals surface area contributed by atoms with Gasteiger partial charge in [0.1, 0.15) is 0 Å². The minimum absolute atomic E-state index is 0.143. The number of hydrogen-bond donors (Lipinski definition) is 0. The minimum atomic E-state index is -4.07. The molecule has 5 heteroatoms. The average molecular weight is 227 g/mol. The van der Waals surface area contributed by atoms with Gasteiger partial charge in [-0.3, -0.25) is 4.90 Å². The number of hydrogen-bond acceptors (Lipinski definition) is 2. The fourth-order valence-corrected chi connectivity index (χ4v) is 1.56. The van der Waals surface area contributed by atoms with E-state index in [4.69, 9.17) is 4.74 Å². The van der Waals surface area contributed by atoms with Gasteiger partial charge in [0.15, 0.2) is 0 Å². The number of likely N-dealkylation sites (tertiary alicyclic amines) is 1. The van der Waals surface area contributed by atoms with Crippen molar-refractivity contribution < 1.29 is 17.9 Å². The third-order valence-electron chi connectivity index (χ3n) is 2.27. The van der Waals surface area contributed by atoms with Gasteiger partial charge in [-0.2, -0.15) is 13.2 Å². The predicted molar refractivity (Wildman–Crippen MR) is 53.9 cm³/mol. The highest BCUT2D eigenvalue weighted by Gasteiger charge is 2.32.